The summed E-state index contributed by atoms with van der Waals surface area (Å²) >= 11 is 2.74. The fourth-order valence-electron chi connectivity index (χ4n) is 2.75. The fraction of sp³-hybridized carbons (Fsp3) is 0.0588. The molecule has 0 radical (unpaired) electrons. The third-order valence-electron chi connectivity index (χ3n) is 3.88. The standard InChI is InChI=1S/C17H9F2N5S2/c18-13(19)14-20-10-6-2-1-5-9(10)15(21-14)26-17-23-22-16-24(17)11-7-3-4-8-12(11)25-16/h1-8,13H. The molecule has 5 nitrogen and oxygen atoms in total. The molecule has 0 N–H and O–H groups in total. The predicted molar refractivity (Wildman–Crippen MR) is 97.0 cm³/mol. The monoisotopic (exact) mass is 385 g/mol. The zero-order chi connectivity index (χ0) is 17.7. The maximum absolute atomic E-state index is 13.2. The van der Waals surface area contributed by atoms with Crippen LogP contribution in [0.4, 0.5) is 8.78 Å². The van der Waals surface area contributed by atoms with Crippen LogP contribution in [0, 0.1) is 0 Å². The van der Waals surface area contributed by atoms with Crippen molar-refractivity contribution in [1.29, 1.82) is 0 Å². The largest absolute Gasteiger partial charge is 0.297 e. The molecule has 0 amide bonds. The third-order valence-corrected chi connectivity index (χ3v) is 5.84. The molecule has 0 aliphatic rings. The molecule has 26 heavy (non-hydrogen) atoms. The number of nitrogens with zero attached hydrogens (tertiary/aromatic N) is 5. The minimum Gasteiger partial charge on any atom is -0.260 e. The van der Waals surface area contributed by atoms with Crippen molar-refractivity contribution < 1.29 is 8.78 Å². The number of aromatic nitrogens is 5. The predicted octanol–water partition coefficient (Wildman–Crippen LogP) is 4.98. The lowest BCUT2D eigenvalue weighted by molar-refractivity contribution is 0.140. The van der Waals surface area contributed by atoms with Crippen LogP contribution in [0.15, 0.2) is 58.7 Å². The first-order chi connectivity index (χ1) is 12.7. The van der Waals surface area contributed by atoms with Gasteiger partial charge in [-0.3, -0.25) is 4.40 Å². The van der Waals surface area contributed by atoms with E-state index in [0.29, 0.717) is 21.1 Å². The zero-order valence-electron chi connectivity index (χ0n) is 13.0. The van der Waals surface area contributed by atoms with E-state index >= 15 is 0 Å². The van der Waals surface area contributed by atoms with Gasteiger partial charge in [-0.1, -0.05) is 41.7 Å². The minimum atomic E-state index is -2.74. The molecule has 0 spiro atoms. The van der Waals surface area contributed by atoms with Gasteiger partial charge in [-0.05, 0) is 30.0 Å². The highest BCUT2D eigenvalue weighted by Gasteiger charge is 2.19. The van der Waals surface area contributed by atoms with Gasteiger partial charge in [-0.2, -0.15) is 0 Å². The molecule has 3 aromatic heterocycles. The van der Waals surface area contributed by atoms with Crippen molar-refractivity contribution in [3.8, 4) is 0 Å². The minimum absolute atomic E-state index is 0.440. The molecular formula is C17H9F2N5S2. The lowest BCUT2D eigenvalue weighted by Gasteiger charge is -2.07. The smallest absolute Gasteiger partial charge is 0.260 e. The molecule has 5 rings (SSSR count). The Bertz CT molecular complexity index is 1260. The lowest BCUT2D eigenvalue weighted by Crippen LogP contribution is -1.99. The van der Waals surface area contributed by atoms with Crippen LogP contribution in [-0.4, -0.2) is 24.6 Å². The maximum Gasteiger partial charge on any atom is 0.297 e. The molecular weight excluding hydrogens is 376 g/mol. The number of alkyl halides is 2. The van der Waals surface area contributed by atoms with E-state index < -0.39 is 12.2 Å². The van der Waals surface area contributed by atoms with Crippen LogP contribution in [0.1, 0.15) is 12.2 Å². The van der Waals surface area contributed by atoms with Gasteiger partial charge in [0.1, 0.15) is 5.03 Å². The van der Waals surface area contributed by atoms with E-state index in [9.17, 15) is 8.78 Å². The highest BCUT2D eigenvalue weighted by atomic mass is 32.2. The summed E-state index contributed by atoms with van der Waals surface area (Å²) in [4.78, 5) is 8.77. The average molecular weight is 385 g/mol. The van der Waals surface area contributed by atoms with Gasteiger partial charge in [-0.15, -0.1) is 10.2 Å². The number of thiazole rings is 1. The van der Waals surface area contributed by atoms with Crippen molar-refractivity contribution in [2.24, 2.45) is 0 Å². The number of rotatable bonds is 3. The van der Waals surface area contributed by atoms with E-state index in [1.807, 2.05) is 40.8 Å². The van der Waals surface area contributed by atoms with Crippen LogP contribution < -0.4 is 0 Å². The second-order valence-corrected chi connectivity index (χ2v) is 7.44. The van der Waals surface area contributed by atoms with Crippen molar-refractivity contribution in [2.75, 3.05) is 0 Å². The summed E-state index contributed by atoms with van der Waals surface area (Å²) in [5.74, 6) is -0.484. The molecule has 128 valence electrons. The summed E-state index contributed by atoms with van der Waals surface area (Å²) in [6, 6.07) is 15.0. The molecule has 0 fully saturated rings. The van der Waals surface area contributed by atoms with Gasteiger partial charge in [0.05, 0.1) is 15.7 Å². The first-order valence-electron chi connectivity index (χ1n) is 7.66. The molecule has 0 saturated heterocycles. The van der Waals surface area contributed by atoms with E-state index in [1.54, 1.807) is 12.1 Å². The molecule has 0 aliphatic heterocycles. The number of para-hydroxylation sites is 2. The molecule has 2 aromatic carbocycles. The number of hydrogen-bond acceptors (Lipinski definition) is 6. The van der Waals surface area contributed by atoms with Crippen molar-refractivity contribution in [1.82, 2.24) is 24.6 Å². The molecule has 5 aromatic rings. The van der Waals surface area contributed by atoms with Crippen molar-refractivity contribution in [3.63, 3.8) is 0 Å². The second-order valence-electron chi connectivity index (χ2n) is 5.48. The van der Waals surface area contributed by atoms with Gasteiger partial charge in [0, 0.05) is 5.39 Å². The van der Waals surface area contributed by atoms with Crippen LogP contribution >= 0.6 is 23.1 Å². The van der Waals surface area contributed by atoms with Gasteiger partial charge in [0.2, 0.25) is 10.1 Å². The molecule has 0 unspecified atom stereocenters. The van der Waals surface area contributed by atoms with Gasteiger partial charge >= 0.3 is 0 Å². The topological polar surface area (TPSA) is 56.0 Å². The Balaban J connectivity index is 1.71. The van der Waals surface area contributed by atoms with Crippen LogP contribution in [0.3, 0.4) is 0 Å². The highest BCUT2D eigenvalue weighted by Crippen LogP contribution is 2.35. The Morgan fingerprint density at radius 1 is 0.962 bits per heavy atom. The number of halogens is 2. The van der Waals surface area contributed by atoms with E-state index in [0.717, 1.165) is 15.2 Å². The van der Waals surface area contributed by atoms with Gasteiger partial charge in [0.15, 0.2) is 5.82 Å². The SMILES string of the molecule is FC(F)c1nc(Sc2nnc3sc4ccccc4n23)c2ccccc2n1. The van der Waals surface area contributed by atoms with Crippen molar-refractivity contribution in [3.05, 3.63) is 54.4 Å². The number of hydrogen-bond donors (Lipinski definition) is 0. The Kier molecular flexibility index (Phi) is 3.57. The number of benzene rings is 2. The van der Waals surface area contributed by atoms with Crippen molar-refractivity contribution in [2.45, 2.75) is 16.6 Å². The first kappa shape index (κ1) is 15.6. The maximum atomic E-state index is 13.2. The Labute approximate surface area is 153 Å². The third kappa shape index (κ3) is 2.43. The summed E-state index contributed by atoms with van der Waals surface area (Å²) in [5, 5.41) is 10.2. The Morgan fingerprint density at radius 3 is 2.65 bits per heavy atom. The van der Waals surface area contributed by atoms with E-state index in [1.165, 1.54) is 23.1 Å². The Morgan fingerprint density at radius 2 is 1.77 bits per heavy atom. The molecule has 0 bridgehead atoms. The van der Waals surface area contributed by atoms with Crippen LogP contribution in [0.2, 0.25) is 0 Å². The van der Waals surface area contributed by atoms with Gasteiger partial charge < -0.3 is 0 Å². The van der Waals surface area contributed by atoms with E-state index in [2.05, 4.69) is 20.2 Å². The second kappa shape index (κ2) is 5.96. The van der Waals surface area contributed by atoms with Crippen molar-refractivity contribution >= 4 is 49.2 Å². The normalized spacial score (nSPS) is 12.0. The van der Waals surface area contributed by atoms with Gasteiger partial charge in [0.25, 0.3) is 6.43 Å². The lowest BCUT2D eigenvalue weighted by atomic mass is 10.2. The summed E-state index contributed by atoms with van der Waals surface area (Å²) in [6.07, 6.45) is -2.74. The number of fused-ring (bicyclic) bond motifs is 4. The van der Waals surface area contributed by atoms with Gasteiger partial charge in [-0.25, -0.2) is 18.7 Å². The van der Waals surface area contributed by atoms with Crippen LogP contribution in [0.25, 0.3) is 26.1 Å². The molecule has 0 atom stereocenters. The average Bonchev–Trinajstić information content (AvgIpc) is 3.21. The summed E-state index contributed by atoms with van der Waals surface area (Å²) in [7, 11) is 0. The first-order valence-corrected chi connectivity index (χ1v) is 9.29. The molecule has 3 heterocycles. The van der Waals surface area contributed by atoms with E-state index in [4.69, 9.17) is 0 Å². The quantitative estimate of drug-likeness (QED) is 0.410. The summed E-state index contributed by atoms with van der Waals surface area (Å²) in [6.45, 7) is 0. The Hall–Kier alpha value is -2.65. The fourth-order valence-corrected chi connectivity index (χ4v) is 4.72. The summed E-state index contributed by atoms with van der Waals surface area (Å²) in [5.41, 5.74) is 1.46. The highest BCUT2D eigenvalue weighted by molar-refractivity contribution is 7.99. The molecule has 0 aliphatic carbocycles. The molecule has 9 heteroatoms. The summed E-state index contributed by atoms with van der Waals surface area (Å²) < 4.78 is 29.4. The van der Waals surface area contributed by atoms with Crippen LogP contribution in [0.5, 0.6) is 0 Å². The zero-order valence-corrected chi connectivity index (χ0v) is 14.6. The van der Waals surface area contributed by atoms with E-state index in [-0.39, 0.29) is 0 Å². The molecule has 0 saturated carbocycles. The van der Waals surface area contributed by atoms with Crippen LogP contribution in [-0.2, 0) is 0 Å².